The maximum absolute atomic E-state index is 13.8. The van der Waals surface area contributed by atoms with E-state index in [-0.39, 0.29) is 36.3 Å². The quantitative estimate of drug-likeness (QED) is 0.380. The Morgan fingerprint density at radius 2 is 1.90 bits per heavy atom. The first-order valence-corrected chi connectivity index (χ1v) is 15.2. The summed E-state index contributed by atoms with van der Waals surface area (Å²) in [5.41, 5.74) is 1.11. The molecular weight excluding hydrogens is 538 g/mol. The van der Waals surface area contributed by atoms with Gasteiger partial charge in [0.15, 0.2) is 11.6 Å². The minimum absolute atomic E-state index is 0.161. The van der Waals surface area contributed by atoms with Gasteiger partial charge in [0, 0.05) is 18.9 Å². The van der Waals surface area contributed by atoms with Crippen LogP contribution in [0.25, 0.3) is 10.6 Å². The Balaban J connectivity index is 1.34. The minimum Gasteiger partial charge on any atom is -0.342 e. The van der Waals surface area contributed by atoms with Crippen LogP contribution in [0.4, 0.5) is 0 Å². The molecule has 2 N–H and O–H groups in total. The van der Waals surface area contributed by atoms with E-state index >= 15 is 0 Å². The van der Waals surface area contributed by atoms with Crippen LogP contribution in [0, 0.1) is 5.92 Å². The lowest BCUT2D eigenvalue weighted by atomic mass is 9.89. The molecule has 0 bridgehead atoms. The molecule has 5 heterocycles. The molecule has 2 aliphatic heterocycles. The largest absolute Gasteiger partial charge is 0.342 e. The highest BCUT2D eigenvalue weighted by atomic mass is 32.2. The second-order valence-electron chi connectivity index (χ2n) is 9.67. The van der Waals surface area contributed by atoms with E-state index in [2.05, 4.69) is 20.6 Å². The number of carbonyl (C=O) groups excluding carboxylic acids is 3. The molecule has 5 rings (SSSR count). The third kappa shape index (κ3) is 5.69. The van der Waals surface area contributed by atoms with E-state index in [0.29, 0.717) is 23.4 Å². The van der Waals surface area contributed by atoms with Crippen molar-refractivity contribution in [3.05, 3.63) is 71.5 Å². The Labute approximate surface area is 230 Å². The van der Waals surface area contributed by atoms with E-state index < -0.39 is 34.1 Å². The second kappa shape index (κ2) is 11.4. The van der Waals surface area contributed by atoms with Crippen molar-refractivity contribution in [3.8, 4) is 10.6 Å². The number of fused-ring (bicyclic) bond motifs is 1. The number of hydrogen-bond donors (Lipinski definition) is 2. The molecule has 3 aromatic heterocycles. The van der Waals surface area contributed by atoms with Gasteiger partial charge in [-0.3, -0.25) is 24.4 Å². The summed E-state index contributed by atoms with van der Waals surface area (Å²) in [6.45, 7) is 1.78. The summed E-state index contributed by atoms with van der Waals surface area (Å²) in [6.07, 6.45) is 4.22. The van der Waals surface area contributed by atoms with Gasteiger partial charge in [-0.25, -0.2) is 8.42 Å². The topological polar surface area (TPSA) is 138 Å². The second-order valence-corrected chi connectivity index (χ2v) is 12.7. The van der Waals surface area contributed by atoms with Crippen molar-refractivity contribution in [1.29, 1.82) is 0 Å². The van der Waals surface area contributed by atoms with Crippen molar-refractivity contribution in [2.24, 2.45) is 5.92 Å². The SMILES string of the molecule is CCCC(NC(=O)c1ccc(-c2ccccn2)s1)C(=O)C1CNC2C(=O)CN(S(=O)(=O)Cc3ccccn3)C12. The molecule has 2 saturated heterocycles. The summed E-state index contributed by atoms with van der Waals surface area (Å²) >= 11 is 1.28. The number of aromatic nitrogens is 2. The van der Waals surface area contributed by atoms with Crippen molar-refractivity contribution >= 4 is 38.8 Å². The van der Waals surface area contributed by atoms with Gasteiger partial charge in [0.2, 0.25) is 10.0 Å². The van der Waals surface area contributed by atoms with Gasteiger partial charge in [-0.05, 0) is 42.8 Å². The van der Waals surface area contributed by atoms with Crippen LogP contribution < -0.4 is 10.6 Å². The Bertz CT molecular complexity index is 1460. The number of rotatable bonds is 10. The Hall–Kier alpha value is -3.32. The third-order valence-corrected chi connectivity index (χ3v) is 9.91. The molecule has 0 radical (unpaired) electrons. The van der Waals surface area contributed by atoms with Crippen LogP contribution >= 0.6 is 11.3 Å². The van der Waals surface area contributed by atoms with E-state index in [4.69, 9.17) is 0 Å². The predicted octanol–water partition coefficient (Wildman–Crippen LogP) is 2.04. The first-order chi connectivity index (χ1) is 18.8. The fraction of sp³-hybridized carbons (Fsp3) is 0.370. The Morgan fingerprint density at radius 3 is 2.59 bits per heavy atom. The van der Waals surface area contributed by atoms with Crippen LogP contribution in [-0.4, -0.2) is 71.4 Å². The molecule has 4 unspecified atom stereocenters. The molecule has 204 valence electrons. The van der Waals surface area contributed by atoms with Gasteiger partial charge in [0.1, 0.15) is 5.75 Å². The van der Waals surface area contributed by atoms with Gasteiger partial charge in [0.05, 0.1) is 51.7 Å². The molecular formula is C27H29N5O5S2. The van der Waals surface area contributed by atoms with Gasteiger partial charge < -0.3 is 10.6 Å². The monoisotopic (exact) mass is 567 g/mol. The average Bonchev–Trinajstić information content (AvgIpc) is 3.66. The molecule has 3 aromatic rings. The molecule has 2 fully saturated rings. The van der Waals surface area contributed by atoms with Gasteiger partial charge in [-0.2, -0.15) is 4.31 Å². The summed E-state index contributed by atoms with van der Waals surface area (Å²) in [4.78, 5) is 49.4. The lowest BCUT2D eigenvalue weighted by Crippen LogP contribution is -2.50. The summed E-state index contributed by atoms with van der Waals surface area (Å²) in [6, 6.07) is 11.7. The fourth-order valence-corrected chi connectivity index (χ4v) is 7.79. The molecule has 2 aliphatic rings. The number of Topliss-reactive ketones (excluding diaryl/α,β-unsaturated/α-hetero) is 2. The molecule has 10 nitrogen and oxygen atoms in total. The van der Waals surface area contributed by atoms with Crippen molar-refractivity contribution < 1.29 is 22.8 Å². The molecule has 12 heteroatoms. The third-order valence-electron chi connectivity index (χ3n) is 7.05. The van der Waals surface area contributed by atoms with Crippen LogP contribution in [0.1, 0.15) is 35.1 Å². The van der Waals surface area contributed by atoms with Crippen molar-refractivity contribution in [2.75, 3.05) is 13.1 Å². The number of thiophene rings is 1. The van der Waals surface area contributed by atoms with Crippen LogP contribution in [0.15, 0.2) is 60.9 Å². The van der Waals surface area contributed by atoms with Crippen molar-refractivity contribution in [2.45, 2.75) is 43.6 Å². The van der Waals surface area contributed by atoms with Gasteiger partial charge in [-0.15, -0.1) is 11.3 Å². The molecule has 0 aromatic carbocycles. The maximum atomic E-state index is 13.8. The molecule has 4 atom stereocenters. The van der Waals surface area contributed by atoms with E-state index in [0.717, 1.165) is 14.9 Å². The molecule has 1 amide bonds. The summed E-state index contributed by atoms with van der Waals surface area (Å²) in [5.74, 6) is -2.06. The van der Waals surface area contributed by atoms with Crippen LogP contribution in [0.2, 0.25) is 0 Å². The van der Waals surface area contributed by atoms with Gasteiger partial charge >= 0.3 is 0 Å². The average molecular weight is 568 g/mol. The smallest absolute Gasteiger partial charge is 0.261 e. The summed E-state index contributed by atoms with van der Waals surface area (Å²) in [5, 5.41) is 5.93. The number of carbonyl (C=O) groups is 3. The Kier molecular flexibility index (Phi) is 7.98. The van der Waals surface area contributed by atoms with E-state index in [1.807, 2.05) is 31.2 Å². The van der Waals surface area contributed by atoms with Crippen molar-refractivity contribution in [3.63, 3.8) is 0 Å². The standard InChI is InChI=1S/C27H29N5O5S2/c1-2-7-20(31-27(35)23-11-10-22(38-23)19-9-4-6-13-29-19)26(34)18-14-30-24-21(33)15-32(25(18)24)39(36,37)16-17-8-3-5-12-28-17/h3-6,8-13,18,20,24-25,30H,2,7,14-16H2,1H3,(H,31,35). The molecule has 0 aliphatic carbocycles. The minimum atomic E-state index is -3.93. The predicted molar refractivity (Wildman–Crippen MR) is 146 cm³/mol. The van der Waals surface area contributed by atoms with Crippen LogP contribution in [0.3, 0.4) is 0 Å². The first-order valence-electron chi connectivity index (χ1n) is 12.8. The highest BCUT2D eigenvalue weighted by Gasteiger charge is 2.55. The maximum Gasteiger partial charge on any atom is 0.261 e. The van der Waals surface area contributed by atoms with Crippen LogP contribution in [-0.2, 0) is 25.4 Å². The summed E-state index contributed by atoms with van der Waals surface area (Å²) < 4.78 is 27.9. The van der Waals surface area contributed by atoms with E-state index in [9.17, 15) is 22.8 Å². The lowest BCUT2D eigenvalue weighted by molar-refractivity contribution is -0.125. The zero-order chi connectivity index (χ0) is 27.6. The number of hydrogen-bond acceptors (Lipinski definition) is 9. The number of pyridine rings is 2. The highest BCUT2D eigenvalue weighted by Crippen LogP contribution is 2.33. The van der Waals surface area contributed by atoms with E-state index in [1.54, 1.807) is 30.5 Å². The Morgan fingerprint density at radius 1 is 1.13 bits per heavy atom. The number of nitrogens with zero attached hydrogens (tertiary/aromatic N) is 3. The number of amides is 1. The zero-order valence-corrected chi connectivity index (χ0v) is 23.0. The van der Waals surface area contributed by atoms with Gasteiger partial charge in [0.25, 0.3) is 5.91 Å². The normalized spacial score (nSPS) is 22.0. The number of ketones is 2. The highest BCUT2D eigenvalue weighted by molar-refractivity contribution is 7.88. The first kappa shape index (κ1) is 27.3. The number of sulfonamides is 1. The van der Waals surface area contributed by atoms with E-state index in [1.165, 1.54) is 17.5 Å². The fourth-order valence-electron chi connectivity index (χ4n) is 5.23. The lowest BCUT2D eigenvalue weighted by Gasteiger charge is -2.29. The zero-order valence-electron chi connectivity index (χ0n) is 21.3. The summed E-state index contributed by atoms with van der Waals surface area (Å²) in [7, 11) is -3.93. The van der Waals surface area contributed by atoms with Gasteiger partial charge in [-0.1, -0.05) is 25.5 Å². The van der Waals surface area contributed by atoms with Crippen LogP contribution in [0.5, 0.6) is 0 Å². The molecule has 39 heavy (non-hydrogen) atoms. The number of nitrogens with one attached hydrogen (secondary N) is 2. The molecule has 0 saturated carbocycles. The molecule has 0 spiro atoms. The van der Waals surface area contributed by atoms with Crippen molar-refractivity contribution in [1.82, 2.24) is 24.9 Å².